The smallest absolute Gasteiger partial charge is 0.334 e. The molecule has 0 heterocycles. The molecule has 0 saturated heterocycles. The molecule has 0 bridgehead atoms. The molecule has 0 aromatic heterocycles. The van der Waals surface area contributed by atoms with Crippen LogP contribution < -0.4 is 5.32 Å². The highest BCUT2D eigenvalue weighted by Gasteiger charge is 2.32. The van der Waals surface area contributed by atoms with E-state index in [1.165, 1.54) is 0 Å². The number of rotatable bonds is 6. The first-order chi connectivity index (χ1) is 6.40. The van der Waals surface area contributed by atoms with Gasteiger partial charge in [-0.3, -0.25) is 10.1 Å². The van der Waals surface area contributed by atoms with Crippen molar-refractivity contribution >= 4 is 11.9 Å². The first kappa shape index (κ1) is 12.9. The molecule has 0 aliphatic rings. The molecule has 6 heteroatoms. The molecule has 6 nitrogen and oxygen atoms in total. The number of carboxylic acid groups (broad SMARTS) is 2. The van der Waals surface area contributed by atoms with Gasteiger partial charge in [0.2, 0.25) is 0 Å². The van der Waals surface area contributed by atoms with E-state index in [9.17, 15) is 9.59 Å². The van der Waals surface area contributed by atoms with Crippen molar-refractivity contribution in [2.24, 2.45) is 0 Å². The van der Waals surface area contributed by atoms with E-state index in [4.69, 9.17) is 15.3 Å². The van der Waals surface area contributed by atoms with Gasteiger partial charge in [0.25, 0.3) is 0 Å². The summed E-state index contributed by atoms with van der Waals surface area (Å²) in [7, 11) is 0. The van der Waals surface area contributed by atoms with Crippen molar-refractivity contribution in [1.29, 1.82) is 0 Å². The molecule has 0 aromatic rings. The molecule has 0 saturated carbocycles. The molecule has 0 aliphatic heterocycles. The molecule has 3 unspecified atom stereocenters. The molecule has 82 valence electrons. The zero-order chi connectivity index (χ0) is 11.3. The summed E-state index contributed by atoms with van der Waals surface area (Å²) in [5, 5.41) is 28.7. The lowest BCUT2D eigenvalue weighted by Crippen LogP contribution is -2.52. The van der Waals surface area contributed by atoms with Gasteiger partial charge in [0.15, 0.2) is 6.10 Å². The fraction of sp³-hybridized carbons (Fsp3) is 0.750. The topological polar surface area (TPSA) is 107 Å². The molecular formula is C8H15NO5. The van der Waals surface area contributed by atoms with E-state index in [0.717, 1.165) is 0 Å². The summed E-state index contributed by atoms with van der Waals surface area (Å²) in [4.78, 5) is 21.0. The first-order valence-electron chi connectivity index (χ1n) is 4.29. The van der Waals surface area contributed by atoms with Gasteiger partial charge in [-0.25, -0.2) is 4.79 Å². The SMILES string of the molecule is CCC(C)NC(C(=O)O)C(O)C(=O)O. The van der Waals surface area contributed by atoms with Gasteiger partial charge in [0.05, 0.1) is 0 Å². The van der Waals surface area contributed by atoms with Crippen LogP contribution in [0.25, 0.3) is 0 Å². The second-order valence-electron chi connectivity index (χ2n) is 3.07. The van der Waals surface area contributed by atoms with Gasteiger partial charge in [-0.05, 0) is 13.3 Å². The highest BCUT2D eigenvalue weighted by Crippen LogP contribution is 1.99. The van der Waals surface area contributed by atoms with Crippen molar-refractivity contribution in [2.45, 2.75) is 38.5 Å². The summed E-state index contributed by atoms with van der Waals surface area (Å²) < 4.78 is 0. The lowest BCUT2D eigenvalue weighted by Gasteiger charge is -2.20. The summed E-state index contributed by atoms with van der Waals surface area (Å²) in [6.07, 6.45) is -1.28. The third kappa shape index (κ3) is 3.71. The highest BCUT2D eigenvalue weighted by atomic mass is 16.4. The molecular weight excluding hydrogens is 190 g/mol. The van der Waals surface area contributed by atoms with Crippen LogP contribution in [-0.2, 0) is 9.59 Å². The van der Waals surface area contributed by atoms with Crippen LogP contribution in [0.3, 0.4) is 0 Å². The van der Waals surface area contributed by atoms with E-state index in [1.807, 2.05) is 6.92 Å². The average Bonchev–Trinajstić information content (AvgIpc) is 2.11. The van der Waals surface area contributed by atoms with Crippen LogP contribution in [0.5, 0.6) is 0 Å². The average molecular weight is 205 g/mol. The predicted molar refractivity (Wildman–Crippen MR) is 48.0 cm³/mol. The van der Waals surface area contributed by atoms with Gasteiger partial charge in [0, 0.05) is 6.04 Å². The van der Waals surface area contributed by atoms with Crippen LogP contribution in [0.15, 0.2) is 0 Å². The van der Waals surface area contributed by atoms with Gasteiger partial charge in [0.1, 0.15) is 6.04 Å². The van der Waals surface area contributed by atoms with Crippen molar-refractivity contribution in [3.8, 4) is 0 Å². The number of nitrogens with one attached hydrogen (secondary N) is 1. The fourth-order valence-corrected chi connectivity index (χ4v) is 0.864. The number of aliphatic carboxylic acids is 2. The second-order valence-corrected chi connectivity index (χ2v) is 3.07. The number of hydrogen-bond donors (Lipinski definition) is 4. The molecule has 0 radical (unpaired) electrons. The Bertz CT molecular complexity index is 218. The molecule has 0 spiro atoms. The standard InChI is InChI=1S/C8H15NO5/c1-3-4(2)9-5(7(11)12)6(10)8(13)14/h4-6,9-10H,3H2,1-2H3,(H,11,12)(H,13,14). The maximum absolute atomic E-state index is 10.6. The van der Waals surface area contributed by atoms with E-state index < -0.39 is 24.1 Å². The number of carbonyl (C=O) groups is 2. The number of hydrogen-bond acceptors (Lipinski definition) is 4. The molecule has 0 rings (SSSR count). The molecule has 4 N–H and O–H groups in total. The van der Waals surface area contributed by atoms with Gasteiger partial charge in [-0.15, -0.1) is 0 Å². The van der Waals surface area contributed by atoms with E-state index in [0.29, 0.717) is 6.42 Å². The summed E-state index contributed by atoms with van der Waals surface area (Å²) in [5.74, 6) is -2.92. The van der Waals surface area contributed by atoms with Crippen LogP contribution in [0, 0.1) is 0 Å². The molecule has 14 heavy (non-hydrogen) atoms. The molecule has 3 atom stereocenters. The van der Waals surface area contributed by atoms with Crippen molar-refractivity contribution in [3.63, 3.8) is 0 Å². The van der Waals surface area contributed by atoms with E-state index in [-0.39, 0.29) is 6.04 Å². The maximum Gasteiger partial charge on any atom is 0.334 e. The zero-order valence-corrected chi connectivity index (χ0v) is 8.10. The molecule has 0 fully saturated rings. The van der Waals surface area contributed by atoms with Crippen LogP contribution in [0.1, 0.15) is 20.3 Å². The van der Waals surface area contributed by atoms with Gasteiger partial charge in [-0.2, -0.15) is 0 Å². The van der Waals surface area contributed by atoms with Crippen LogP contribution in [0.2, 0.25) is 0 Å². The second kappa shape index (κ2) is 5.56. The zero-order valence-electron chi connectivity index (χ0n) is 8.10. The largest absolute Gasteiger partial charge is 0.480 e. The highest BCUT2D eigenvalue weighted by molar-refractivity contribution is 5.84. The fourth-order valence-electron chi connectivity index (χ4n) is 0.864. The van der Waals surface area contributed by atoms with Gasteiger partial charge >= 0.3 is 11.9 Å². The third-order valence-corrected chi connectivity index (χ3v) is 1.91. The van der Waals surface area contributed by atoms with Crippen molar-refractivity contribution in [2.75, 3.05) is 0 Å². The third-order valence-electron chi connectivity index (χ3n) is 1.91. The van der Waals surface area contributed by atoms with E-state index in [2.05, 4.69) is 5.32 Å². The minimum atomic E-state index is -1.93. The molecule has 0 aliphatic carbocycles. The lowest BCUT2D eigenvalue weighted by molar-refractivity contribution is -0.156. The minimum Gasteiger partial charge on any atom is -0.480 e. The number of carboxylic acids is 2. The normalized spacial score (nSPS) is 17.1. The minimum absolute atomic E-state index is 0.162. The van der Waals surface area contributed by atoms with E-state index in [1.54, 1.807) is 6.92 Å². The maximum atomic E-state index is 10.6. The Morgan fingerprint density at radius 1 is 1.29 bits per heavy atom. The number of aliphatic hydroxyl groups is 1. The van der Waals surface area contributed by atoms with Crippen molar-refractivity contribution in [1.82, 2.24) is 5.32 Å². The Morgan fingerprint density at radius 2 is 1.79 bits per heavy atom. The summed E-state index contributed by atoms with van der Waals surface area (Å²) in [6, 6.07) is -1.63. The summed E-state index contributed by atoms with van der Waals surface area (Å²) in [5.41, 5.74) is 0. The number of aliphatic hydroxyl groups excluding tert-OH is 1. The Morgan fingerprint density at radius 3 is 2.07 bits per heavy atom. The Kier molecular flexibility index (Phi) is 5.11. The van der Waals surface area contributed by atoms with Crippen LogP contribution in [0.4, 0.5) is 0 Å². The van der Waals surface area contributed by atoms with Gasteiger partial charge in [-0.1, -0.05) is 6.92 Å². The predicted octanol–water partition coefficient (Wildman–Crippen LogP) is -0.727. The monoisotopic (exact) mass is 205 g/mol. The first-order valence-corrected chi connectivity index (χ1v) is 4.29. The summed E-state index contributed by atoms with van der Waals surface area (Å²) >= 11 is 0. The quantitative estimate of drug-likeness (QED) is 0.455. The molecule has 0 amide bonds. The van der Waals surface area contributed by atoms with Crippen LogP contribution >= 0.6 is 0 Å². The molecule has 0 aromatic carbocycles. The van der Waals surface area contributed by atoms with Gasteiger partial charge < -0.3 is 15.3 Å². The van der Waals surface area contributed by atoms with Crippen molar-refractivity contribution < 1.29 is 24.9 Å². The Balaban J connectivity index is 4.44. The van der Waals surface area contributed by atoms with E-state index >= 15 is 0 Å². The summed E-state index contributed by atoms with van der Waals surface area (Å²) in [6.45, 7) is 3.54. The van der Waals surface area contributed by atoms with Crippen molar-refractivity contribution in [3.05, 3.63) is 0 Å². The Labute approximate surface area is 81.5 Å². The Hall–Kier alpha value is -1.14. The van der Waals surface area contributed by atoms with Crippen LogP contribution in [-0.4, -0.2) is 45.4 Å². The lowest BCUT2D eigenvalue weighted by atomic mass is 10.1.